The average Bonchev–Trinajstić information content (AvgIpc) is 2.36. The highest BCUT2D eigenvalue weighted by Crippen LogP contribution is 2.22. The van der Waals surface area contributed by atoms with Crippen molar-refractivity contribution in [3.63, 3.8) is 0 Å². The van der Waals surface area contributed by atoms with Gasteiger partial charge in [-0.05, 0) is 0 Å². The van der Waals surface area contributed by atoms with Crippen molar-refractivity contribution in [1.29, 1.82) is 0 Å². The summed E-state index contributed by atoms with van der Waals surface area (Å²) in [6, 6.07) is 0. The van der Waals surface area contributed by atoms with E-state index in [0.717, 1.165) is 6.42 Å². The molecule has 0 N–H and O–H groups in total. The minimum atomic E-state index is -0.722. The van der Waals surface area contributed by atoms with Crippen LogP contribution in [0.3, 0.4) is 0 Å². The van der Waals surface area contributed by atoms with Gasteiger partial charge in [0.1, 0.15) is 0 Å². The van der Waals surface area contributed by atoms with Crippen LogP contribution in [0.4, 0.5) is 0 Å². The summed E-state index contributed by atoms with van der Waals surface area (Å²) in [4.78, 5) is 0. The number of hydrogen-bond donors (Lipinski definition) is 0. The molecule has 0 radical (unpaired) electrons. The zero-order valence-electron chi connectivity index (χ0n) is 5.85. The molecule has 1 saturated heterocycles. The molecule has 0 aromatic heterocycles. The maximum atomic E-state index is 5.19. The minimum absolute atomic E-state index is 0.641. The van der Waals surface area contributed by atoms with Crippen molar-refractivity contribution in [1.82, 2.24) is 0 Å². The van der Waals surface area contributed by atoms with Gasteiger partial charge in [0, 0.05) is 13.5 Å². The third-order valence-corrected chi connectivity index (χ3v) is 1.47. The lowest BCUT2D eigenvalue weighted by Crippen LogP contribution is -2.31. The Morgan fingerprint density at radius 1 is 1.44 bits per heavy atom. The largest absolute Gasteiger partial charge is 0.331 e. The normalized spacial score (nSPS) is 24.7. The number of hydrogen-bond acceptors (Lipinski definition) is 3. The van der Waals surface area contributed by atoms with Gasteiger partial charge >= 0.3 is 0 Å². The van der Waals surface area contributed by atoms with Crippen LogP contribution in [0.5, 0.6) is 0 Å². The lowest BCUT2D eigenvalue weighted by molar-refractivity contribution is -0.320. The molecule has 3 nitrogen and oxygen atoms in total. The molecule has 54 valence electrons. The first kappa shape index (κ1) is 6.99. The summed E-state index contributed by atoms with van der Waals surface area (Å²) < 4.78 is 15.4. The molecular formula is C6H12O3. The third kappa shape index (κ3) is 1.23. The zero-order valence-corrected chi connectivity index (χ0v) is 5.85. The minimum Gasteiger partial charge on any atom is -0.331 e. The summed E-state index contributed by atoms with van der Waals surface area (Å²) in [6.07, 6.45) is 0.740. The first-order chi connectivity index (χ1) is 4.33. The summed E-state index contributed by atoms with van der Waals surface area (Å²) in [6.45, 7) is 3.25. The summed E-state index contributed by atoms with van der Waals surface area (Å²) >= 11 is 0. The van der Waals surface area contributed by atoms with Gasteiger partial charge in [-0.25, -0.2) is 0 Å². The fraction of sp³-hybridized carbons (Fsp3) is 1.00. The zero-order chi connectivity index (χ0) is 6.74. The van der Waals surface area contributed by atoms with E-state index in [9.17, 15) is 0 Å². The van der Waals surface area contributed by atoms with Gasteiger partial charge in [0.05, 0.1) is 13.2 Å². The van der Waals surface area contributed by atoms with Crippen LogP contribution in [0, 0.1) is 0 Å². The second kappa shape index (κ2) is 2.64. The van der Waals surface area contributed by atoms with E-state index in [2.05, 4.69) is 0 Å². The molecule has 0 spiro atoms. The van der Waals surface area contributed by atoms with E-state index in [4.69, 9.17) is 14.2 Å². The maximum Gasteiger partial charge on any atom is 0.282 e. The highest BCUT2D eigenvalue weighted by Gasteiger charge is 2.34. The van der Waals surface area contributed by atoms with Crippen molar-refractivity contribution in [3.8, 4) is 0 Å². The highest BCUT2D eigenvalue weighted by molar-refractivity contribution is 4.58. The Morgan fingerprint density at radius 3 is 2.22 bits per heavy atom. The average molecular weight is 132 g/mol. The predicted octanol–water partition coefficient (Wildman–Crippen LogP) is 0.743. The summed E-state index contributed by atoms with van der Waals surface area (Å²) in [5, 5.41) is 0. The van der Waals surface area contributed by atoms with Gasteiger partial charge < -0.3 is 14.2 Å². The van der Waals surface area contributed by atoms with E-state index in [1.54, 1.807) is 7.11 Å². The van der Waals surface area contributed by atoms with Crippen molar-refractivity contribution in [2.24, 2.45) is 0 Å². The lowest BCUT2D eigenvalue weighted by atomic mass is 10.4. The topological polar surface area (TPSA) is 27.7 Å². The van der Waals surface area contributed by atoms with E-state index >= 15 is 0 Å². The monoisotopic (exact) mass is 132 g/mol. The second-order valence-electron chi connectivity index (χ2n) is 1.94. The van der Waals surface area contributed by atoms with Crippen LogP contribution < -0.4 is 0 Å². The van der Waals surface area contributed by atoms with E-state index in [1.807, 2.05) is 6.92 Å². The number of rotatable bonds is 2. The van der Waals surface area contributed by atoms with Crippen LogP contribution in [0.1, 0.15) is 13.3 Å². The van der Waals surface area contributed by atoms with Crippen molar-refractivity contribution in [2.75, 3.05) is 20.3 Å². The third-order valence-electron chi connectivity index (χ3n) is 1.47. The molecule has 9 heavy (non-hydrogen) atoms. The van der Waals surface area contributed by atoms with Gasteiger partial charge in [0.2, 0.25) is 0 Å². The molecule has 1 heterocycles. The van der Waals surface area contributed by atoms with Crippen LogP contribution in [0.25, 0.3) is 0 Å². The Hall–Kier alpha value is -0.120. The Balaban J connectivity index is 2.45. The number of methoxy groups -OCH3 is 1. The van der Waals surface area contributed by atoms with E-state index in [0.29, 0.717) is 13.2 Å². The highest BCUT2D eigenvalue weighted by atomic mass is 16.9. The van der Waals surface area contributed by atoms with Crippen molar-refractivity contribution >= 4 is 0 Å². The standard InChI is InChI=1S/C6H12O3/c1-3-6(7-2)8-4-5-9-6/h3-5H2,1-2H3. The molecule has 0 atom stereocenters. The van der Waals surface area contributed by atoms with Gasteiger partial charge in [0.15, 0.2) is 0 Å². The smallest absolute Gasteiger partial charge is 0.282 e. The second-order valence-corrected chi connectivity index (χ2v) is 1.94. The Kier molecular flexibility index (Phi) is 2.05. The fourth-order valence-corrected chi connectivity index (χ4v) is 0.902. The predicted molar refractivity (Wildman–Crippen MR) is 31.9 cm³/mol. The molecule has 0 aromatic carbocycles. The SMILES string of the molecule is CCC1(OC)OCCO1. The summed E-state index contributed by atoms with van der Waals surface area (Å²) in [5.74, 6) is -0.722. The van der Waals surface area contributed by atoms with Gasteiger partial charge in [-0.2, -0.15) is 0 Å². The number of ether oxygens (including phenoxy) is 3. The molecule has 0 bridgehead atoms. The van der Waals surface area contributed by atoms with Gasteiger partial charge in [0.25, 0.3) is 5.97 Å². The first-order valence-electron chi connectivity index (χ1n) is 3.16. The van der Waals surface area contributed by atoms with Gasteiger partial charge in [-0.15, -0.1) is 0 Å². The van der Waals surface area contributed by atoms with Crippen molar-refractivity contribution < 1.29 is 14.2 Å². The molecule has 0 unspecified atom stereocenters. The fourth-order valence-electron chi connectivity index (χ4n) is 0.902. The van der Waals surface area contributed by atoms with E-state index in [-0.39, 0.29) is 0 Å². The molecule has 0 amide bonds. The van der Waals surface area contributed by atoms with Crippen LogP contribution in [-0.2, 0) is 14.2 Å². The Bertz CT molecular complexity index is 80.3. The summed E-state index contributed by atoms with van der Waals surface area (Å²) in [5.41, 5.74) is 0. The van der Waals surface area contributed by atoms with Crippen LogP contribution >= 0.6 is 0 Å². The first-order valence-corrected chi connectivity index (χ1v) is 3.16. The summed E-state index contributed by atoms with van der Waals surface area (Å²) in [7, 11) is 1.59. The molecule has 1 rings (SSSR count). The molecule has 0 aromatic rings. The van der Waals surface area contributed by atoms with Crippen LogP contribution in [-0.4, -0.2) is 26.3 Å². The van der Waals surface area contributed by atoms with Crippen LogP contribution in [0.15, 0.2) is 0 Å². The van der Waals surface area contributed by atoms with Crippen molar-refractivity contribution in [3.05, 3.63) is 0 Å². The van der Waals surface area contributed by atoms with E-state index < -0.39 is 5.97 Å². The molecule has 0 saturated carbocycles. The molecule has 1 aliphatic heterocycles. The quantitative estimate of drug-likeness (QED) is 0.554. The molecule has 1 aliphatic rings. The molecular weight excluding hydrogens is 120 g/mol. The molecule has 0 aliphatic carbocycles. The maximum absolute atomic E-state index is 5.19. The molecule has 3 heteroatoms. The van der Waals surface area contributed by atoms with Gasteiger partial charge in [-0.1, -0.05) is 6.92 Å². The Labute approximate surface area is 54.9 Å². The molecule has 1 fully saturated rings. The van der Waals surface area contributed by atoms with E-state index in [1.165, 1.54) is 0 Å². The van der Waals surface area contributed by atoms with Crippen molar-refractivity contribution in [2.45, 2.75) is 19.3 Å². The Morgan fingerprint density at radius 2 is 2.00 bits per heavy atom. The lowest BCUT2D eigenvalue weighted by Gasteiger charge is -2.22. The van der Waals surface area contributed by atoms with Gasteiger partial charge in [-0.3, -0.25) is 0 Å². The van der Waals surface area contributed by atoms with Crippen LogP contribution in [0.2, 0.25) is 0 Å².